The van der Waals surface area contributed by atoms with Crippen molar-refractivity contribution in [1.82, 2.24) is 15.6 Å². The van der Waals surface area contributed by atoms with E-state index in [1.54, 1.807) is 0 Å². The van der Waals surface area contributed by atoms with E-state index in [4.69, 9.17) is 0 Å². The number of amides is 2. The lowest BCUT2D eigenvalue weighted by molar-refractivity contribution is -0.124. The molecule has 0 saturated carbocycles. The molecule has 3 N–H and O–H groups in total. The van der Waals surface area contributed by atoms with E-state index in [2.05, 4.69) is 20.9 Å². The van der Waals surface area contributed by atoms with Crippen LogP contribution < -0.4 is 16.0 Å². The molecule has 1 aliphatic rings. The van der Waals surface area contributed by atoms with Gasteiger partial charge in [0.05, 0.1) is 6.54 Å². The van der Waals surface area contributed by atoms with Gasteiger partial charge in [-0.1, -0.05) is 29.8 Å². The summed E-state index contributed by atoms with van der Waals surface area (Å²) in [6.45, 7) is 4.06. The zero-order valence-corrected chi connectivity index (χ0v) is 16.4. The number of nitrogens with zero attached hydrogens (tertiary/aromatic N) is 1. The molecule has 27 heavy (non-hydrogen) atoms. The lowest BCUT2D eigenvalue weighted by atomic mass is 9.97. The first-order chi connectivity index (χ1) is 13.1. The van der Waals surface area contributed by atoms with Crippen LogP contribution in [0.25, 0.3) is 0 Å². The van der Waals surface area contributed by atoms with Crippen molar-refractivity contribution in [3.8, 4) is 0 Å². The number of carbonyl (C=O) groups excluding carboxylic acids is 2. The fourth-order valence-corrected chi connectivity index (χ4v) is 4.08. The summed E-state index contributed by atoms with van der Waals surface area (Å²) in [7, 11) is 0. The van der Waals surface area contributed by atoms with Gasteiger partial charge in [0.2, 0.25) is 11.8 Å². The molecule has 6 nitrogen and oxygen atoms in total. The molecule has 0 atom stereocenters. The molecule has 0 radical (unpaired) electrons. The molecular weight excluding hydrogens is 360 g/mol. The first-order valence-corrected chi connectivity index (χ1v) is 10.2. The van der Waals surface area contributed by atoms with E-state index >= 15 is 0 Å². The highest BCUT2D eigenvalue weighted by Gasteiger charge is 2.18. The number of rotatable bonds is 7. The summed E-state index contributed by atoms with van der Waals surface area (Å²) in [5, 5.41) is 9.39. The Labute approximate surface area is 163 Å². The molecule has 0 bridgehead atoms. The van der Waals surface area contributed by atoms with Crippen molar-refractivity contribution in [2.75, 3.05) is 25.0 Å². The molecule has 144 valence electrons. The summed E-state index contributed by atoms with van der Waals surface area (Å²) < 4.78 is 0. The monoisotopic (exact) mass is 386 g/mol. The molecule has 0 unspecified atom stereocenters. The number of nitrogens with one attached hydrogen (secondary N) is 3. The van der Waals surface area contributed by atoms with Gasteiger partial charge < -0.3 is 16.0 Å². The minimum absolute atomic E-state index is 0.0327. The van der Waals surface area contributed by atoms with Crippen molar-refractivity contribution < 1.29 is 9.59 Å². The number of hydrogen-bond donors (Lipinski definition) is 3. The van der Waals surface area contributed by atoms with Crippen LogP contribution in [0.2, 0.25) is 0 Å². The summed E-state index contributed by atoms with van der Waals surface area (Å²) in [4.78, 5) is 29.5. The third-order valence-electron chi connectivity index (χ3n) is 4.72. The number of anilines is 1. The van der Waals surface area contributed by atoms with Crippen molar-refractivity contribution in [3.63, 3.8) is 0 Å². The molecule has 3 rings (SSSR count). The van der Waals surface area contributed by atoms with E-state index in [1.807, 2.05) is 37.4 Å². The van der Waals surface area contributed by atoms with E-state index < -0.39 is 0 Å². The quantitative estimate of drug-likeness (QED) is 0.683. The van der Waals surface area contributed by atoms with Crippen LogP contribution in [0.4, 0.5) is 5.13 Å². The fourth-order valence-electron chi connectivity index (χ4n) is 3.08. The Morgan fingerprint density at radius 1 is 1.19 bits per heavy atom. The van der Waals surface area contributed by atoms with Crippen LogP contribution >= 0.6 is 11.3 Å². The molecule has 1 saturated heterocycles. The largest absolute Gasteiger partial charge is 0.347 e. The zero-order valence-electron chi connectivity index (χ0n) is 15.6. The number of aromatic nitrogens is 1. The molecule has 1 fully saturated rings. The Bertz CT molecular complexity index is 767. The van der Waals surface area contributed by atoms with Crippen LogP contribution in [0, 0.1) is 6.92 Å². The van der Waals surface area contributed by atoms with E-state index in [0.717, 1.165) is 31.5 Å². The minimum atomic E-state index is -0.245. The van der Waals surface area contributed by atoms with Gasteiger partial charge in [0.1, 0.15) is 0 Å². The van der Waals surface area contributed by atoms with Gasteiger partial charge in [-0.05, 0) is 50.8 Å². The second-order valence-corrected chi connectivity index (χ2v) is 7.96. The second kappa shape index (κ2) is 9.62. The molecule has 1 aromatic carbocycles. The minimum Gasteiger partial charge on any atom is -0.347 e. The van der Waals surface area contributed by atoms with Crippen molar-refractivity contribution in [2.45, 2.75) is 38.5 Å². The molecule has 2 aromatic rings. The van der Waals surface area contributed by atoms with Crippen LogP contribution in [0.15, 0.2) is 30.5 Å². The highest BCUT2D eigenvalue weighted by Crippen LogP contribution is 2.31. The van der Waals surface area contributed by atoms with Gasteiger partial charge in [-0.25, -0.2) is 4.98 Å². The summed E-state index contributed by atoms with van der Waals surface area (Å²) in [6, 6.07) is 8.12. The van der Waals surface area contributed by atoms with Crippen molar-refractivity contribution in [3.05, 3.63) is 46.5 Å². The lowest BCUT2D eigenvalue weighted by Crippen LogP contribution is -2.32. The molecule has 0 aliphatic carbocycles. The van der Waals surface area contributed by atoms with E-state index in [-0.39, 0.29) is 18.4 Å². The van der Waals surface area contributed by atoms with Gasteiger partial charge in [0.25, 0.3) is 0 Å². The predicted molar refractivity (Wildman–Crippen MR) is 108 cm³/mol. The van der Waals surface area contributed by atoms with Gasteiger partial charge in [0, 0.05) is 17.5 Å². The third-order valence-corrected chi connectivity index (χ3v) is 5.79. The normalized spacial score (nSPS) is 14.7. The Balaban J connectivity index is 1.38. The van der Waals surface area contributed by atoms with Crippen LogP contribution in [-0.2, 0) is 16.0 Å². The van der Waals surface area contributed by atoms with Gasteiger partial charge in [-0.3, -0.25) is 9.59 Å². The number of carbonyl (C=O) groups is 2. The van der Waals surface area contributed by atoms with Crippen LogP contribution in [0.3, 0.4) is 0 Å². The highest BCUT2D eigenvalue weighted by atomic mass is 32.1. The molecule has 0 spiro atoms. The first kappa shape index (κ1) is 19.5. The van der Waals surface area contributed by atoms with Crippen LogP contribution in [0.5, 0.6) is 0 Å². The summed E-state index contributed by atoms with van der Waals surface area (Å²) in [5.74, 6) is 0.154. The molecular formula is C20H26N4O2S. The standard InChI is InChI=1S/C20H26N4O2S/c1-14-2-4-15(5-3-14)6-7-18(25)22-13-19(26)24-20-23-12-17(27-20)16-8-10-21-11-9-16/h2-5,12,16,21H,6-11,13H2,1H3,(H,22,25)(H,23,24,26). The summed E-state index contributed by atoms with van der Waals surface area (Å²) >= 11 is 1.53. The van der Waals surface area contributed by atoms with Crippen LogP contribution in [0.1, 0.15) is 41.2 Å². The Morgan fingerprint density at radius 3 is 2.67 bits per heavy atom. The predicted octanol–water partition coefficient (Wildman–Crippen LogP) is 2.61. The van der Waals surface area contributed by atoms with E-state index in [9.17, 15) is 9.59 Å². The third kappa shape index (κ3) is 6.15. The number of hydrogen-bond acceptors (Lipinski definition) is 5. The average Bonchev–Trinajstić information content (AvgIpc) is 3.15. The average molecular weight is 387 g/mol. The fraction of sp³-hybridized carbons (Fsp3) is 0.450. The molecule has 7 heteroatoms. The summed E-state index contributed by atoms with van der Waals surface area (Å²) in [6.07, 6.45) is 5.10. The van der Waals surface area contributed by atoms with Crippen molar-refractivity contribution >= 4 is 28.3 Å². The van der Waals surface area contributed by atoms with Gasteiger partial charge in [-0.15, -0.1) is 11.3 Å². The maximum Gasteiger partial charge on any atom is 0.245 e. The van der Waals surface area contributed by atoms with Crippen molar-refractivity contribution in [2.24, 2.45) is 0 Å². The maximum absolute atomic E-state index is 12.0. The highest BCUT2D eigenvalue weighted by molar-refractivity contribution is 7.15. The number of piperidine rings is 1. The number of aryl methyl sites for hydroxylation is 2. The van der Waals surface area contributed by atoms with Crippen LogP contribution in [-0.4, -0.2) is 36.4 Å². The molecule has 2 heterocycles. The molecule has 1 aliphatic heterocycles. The van der Waals surface area contributed by atoms with Gasteiger partial charge in [-0.2, -0.15) is 0 Å². The van der Waals surface area contributed by atoms with Gasteiger partial charge >= 0.3 is 0 Å². The van der Waals surface area contributed by atoms with E-state index in [1.165, 1.54) is 21.8 Å². The maximum atomic E-state index is 12.0. The molecule has 2 amide bonds. The van der Waals surface area contributed by atoms with Crippen molar-refractivity contribution in [1.29, 1.82) is 0 Å². The van der Waals surface area contributed by atoms with Gasteiger partial charge in [0.15, 0.2) is 5.13 Å². The van der Waals surface area contributed by atoms with E-state index in [0.29, 0.717) is 23.9 Å². The lowest BCUT2D eigenvalue weighted by Gasteiger charge is -2.20. The smallest absolute Gasteiger partial charge is 0.245 e. The first-order valence-electron chi connectivity index (χ1n) is 9.38. The second-order valence-electron chi connectivity index (χ2n) is 6.90. The Kier molecular flexibility index (Phi) is 6.95. The number of benzene rings is 1. The zero-order chi connectivity index (χ0) is 19.1. The number of thiazole rings is 1. The molecule has 1 aromatic heterocycles. The SMILES string of the molecule is Cc1ccc(CCC(=O)NCC(=O)Nc2ncc(C3CCNCC3)s2)cc1. The Hall–Kier alpha value is -2.25. The summed E-state index contributed by atoms with van der Waals surface area (Å²) in [5.41, 5.74) is 2.32. The Morgan fingerprint density at radius 2 is 1.93 bits per heavy atom. The topological polar surface area (TPSA) is 83.1 Å².